The van der Waals surface area contributed by atoms with Gasteiger partial charge in [-0.2, -0.15) is 0 Å². The van der Waals surface area contributed by atoms with E-state index in [4.69, 9.17) is 14.6 Å². The maximum Gasteiger partial charge on any atom is 0.307 e. The third kappa shape index (κ3) is 6.54. The predicted octanol–water partition coefficient (Wildman–Crippen LogP) is 4.60. The first-order chi connectivity index (χ1) is 17.8. The van der Waals surface area contributed by atoms with Crippen molar-refractivity contribution in [2.24, 2.45) is 0 Å². The van der Waals surface area contributed by atoms with Crippen molar-refractivity contribution in [3.63, 3.8) is 0 Å². The molecule has 0 amide bonds. The van der Waals surface area contributed by atoms with Gasteiger partial charge in [0.1, 0.15) is 29.6 Å². The first-order valence-corrected chi connectivity index (χ1v) is 13.8. The Morgan fingerprint density at radius 3 is 2.62 bits per heavy atom. The number of aliphatic carboxylic acids is 1. The molecule has 0 aromatic heterocycles. The Bertz CT molecular complexity index is 1330. The molecule has 9 heteroatoms. The number of ether oxygens (including phenoxy) is 2. The van der Waals surface area contributed by atoms with E-state index in [1.165, 1.54) is 0 Å². The Kier molecular flexibility index (Phi) is 8.23. The molecule has 0 spiro atoms. The van der Waals surface area contributed by atoms with Crippen molar-refractivity contribution in [1.29, 1.82) is 0 Å². The second-order valence-electron chi connectivity index (χ2n) is 9.11. The maximum atomic E-state index is 13.4. The molecule has 8 nitrogen and oxygen atoms in total. The van der Waals surface area contributed by atoms with Crippen molar-refractivity contribution in [2.75, 3.05) is 30.4 Å². The zero-order chi connectivity index (χ0) is 26.4. The fourth-order valence-corrected chi connectivity index (χ4v) is 6.04. The van der Waals surface area contributed by atoms with Crippen LogP contribution < -0.4 is 19.7 Å². The number of carboxylic acid groups (broad SMARTS) is 1. The third-order valence-electron chi connectivity index (χ3n) is 6.17. The first kappa shape index (κ1) is 26.3. The van der Waals surface area contributed by atoms with Crippen LogP contribution in [-0.2, 0) is 21.1 Å². The smallest absolute Gasteiger partial charge is 0.307 e. The van der Waals surface area contributed by atoms with Crippen LogP contribution in [0.2, 0.25) is 0 Å². The van der Waals surface area contributed by atoms with Crippen molar-refractivity contribution >= 4 is 27.2 Å². The number of benzene rings is 3. The monoisotopic (exact) mass is 524 g/mol. The van der Waals surface area contributed by atoms with Crippen LogP contribution in [0.5, 0.6) is 11.5 Å². The van der Waals surface area contributed by atoms with Crippen molar-refractivity contribution in [3.05, 3.63) is 78.4 Å². The van der Waals surface area contributed by atoms with E-state index in [9.17, 15) is 13.2 Å². The number of fused-ring (bicyclic) bond motifs is 1. The number of para-hydroxylation sites is 2. The van der Waals surface area contributed by atoms with E-state index in [1.807, 2.05) is 38.2 Å². The Labute approximate surface area is 217 Å². The van der Waals surface area contributed by atoms with Crippen molar-refractivity contribution in [2.45, 2.75) is 42.6 Å². The maximum absolute atomic E-state index is 13.4. The van der Waals surface area contributed by atoms with Gasteiger partial charge in [0.2, 0.25) is 0 Å². The highest BCUT2D eigenvalue weighted by Crippen LogP contribution is 2.32. The second-order valence-corrected chi connectivity index (χ2v) is 11.2. The number of hydrogen-bond acceptors (Lipinski definition) is 7. The van der Waals surface area contributed by atoms with Gasteiger partial charge in [-0.1, -0.05) is 37.6 Å². The molecular weight excluding hydrogens is 492 g/mol. The van der Waals surface area contributed by atoms with E-state index in [2.05, 4.69) is 10.2 Å². The summed E-state index contributed by atoms with van der Waals surface area (Å²) in [6, 6.07) is 21.1. The minimum absolute atomic E-state index is 0.128. The highest BCUT2D eigenvalue weighted by Gasteiger charge is 2.27. The van der Waals surface area contributed by atoms with E-state index in [1.54, 1.807) is 48.5 Å². The van der Waals surface area contributed by atoms with Crippen molar-refractivity contribution in [1.82, 2.24) is 0 Å². The summed E-state index contributed by atoms with van der Waals surface area (Å²) in [6.45, 7) is 2.93. The number of carbonyl (C=O) groups is 1. The summed E-state index contributed by atoms with van der Waals surface area (Å²) in [5, 5.41) is 11.3. The van der Waals surface area contributed by atoms with Crippen molar-refractivity contribution in [3.8, 4) is 11.5 Å². The summed E-state index contributed by atoms with van der Waals surface area (Å²) >= 11 is 0. The molecule has 0 aliphatic carbocycles. The number of nitrogens with one attached hydrogen (secondary N) is 1. The Morgan fingerprint density at radius 2 is 1.89 bits per heavy atom. The van der Waals surface area contributed by atoms with Gasteiger partial charge in [-0.25, -0.2) is 8.42 Å². The molecule has 37 heavy (non-hydrogen) atoms. The van der Waals surface area contributed by atoms with Crippen LogP contribution in [0.25, 0.3) is 0 Å². The molecule has 1 aliphatic heterocycles. The third-order valence-corrected chi connectivity index (χ3v) is 8.20. The topological polar surface area (TPSA) is 105 Å². The molecule has 1 unspecified atom stereocenters. The largest absolute Gasteiger partial charge is 0.490 e. The van der Waals surface area contributed by atoms with Gasteiger partial charge in [-0.3, -0.25) is 4.79 Å². The lowest BCUT2D eigenvalue weighted by atomic mass is 10.1. The summed E-state index contributed by atoms with van der Waals surface area (Å²) in [4.78, 5) is 13.4. The van der Waals surface area contributed by atoms with E-state index in [-0.39, 0.29) is 17.4 Å². The summed E-state index contributed by atoms with van der Waals surface area (Å²) in [5.41, 5.74) is 2.21. The Balaban J connectivity index is 1.41. The summed E-state index contributed by atoms with van der Waals surface area (Å²) in [7, 11) is -1.69. The fourth-order valence-electron chi connectivity index (χ4n) is 4.36. The Hall–Kier alpha value is -3.72. The molecule has 2 N–H and O–H groups in total. The van der Waals surface area contributed by atoms with Crippen LogP contribution in [0.1, 0.15) is 25.3 Å². The normalized spacial score (nSPS) is 15.8. The molecule has 1 aliphatic rings. The van der Waals surface area contributed by atoms with Crippen LogP contribution in [0, 0.1) is 0 Å². The van der Waals surface area contributed by atoms with Crippen molar-refractivity contribution < 1.29 is 27.8 Å². The second kappa shape index (κ2) is 11.6. The van der Waals surface area contributed by atoms with E-state index in [0.717, 1.165) is 11.4 Å². The molecule has 0 saturated heterocycles. The van der Waals surface area contributed by atoms with Gasteiger partial charge in [-0.15, -0.1) is 0 Å². The molecule has 2 atom stereocenters. The summed E-state index contributed by atoms with van der Waals surface area (Å²) in [5.74, 6) is 0.434. The minimum Gasteiger partial charge on any atom is -0.490 e. The number of nitrogens with zero attached hydrogens (tertiary/aromatic N) is 1. The standard InChI is InChI=1S/C28H32N2O6S/c1-3-7-27(29-21-9-6-8-20(16-21)17-28(31)32)37(33,34)24-14-12-22(13-15-24)35-19-23-18-30(2)25-10-4-5-11-26(25)36-23/h4-6,8-16,23,27,29H,3,7,17-19H2,1-2H3,(H,31,32)/t23-,27?/m0/s1. The van der Waals surface area contributed by atoms with Crippen LogP contribution >= 0.6 is 0 Å². The molecule has 1 heterocycles. The highest BCUT2D eigenvalue weighted by atomic mass is 32.2. The SMILES string of the molecule is CCCC(Nc1cccc(CC(=O)O)c1)S(=O)(=O)c1ccc(OC[C@@H]2CN(C)c3ccccc3O2)cc1. The fraction of sp³-hybridized carbons (Fsp3) is 0.321. The first-order valence-electron chi connectivity index (χ1n) is 12.3. The number of rotatable bonds is 11. The minimum atomic E-state index is -3.70. The molecule has 196 valence electrons. The van der Waals surface area contributed by atoms with Gasteiger partial charge in [0.05, 0.1) is 23.5 Å². The zero-order valence-electron chi connectivity index (χ0n) is 21.0. The Morgan fingerprint density at radius 1 is 1.14 bits per heavy atom. The van der Waals surface area contributed by atoms with Gasteiger partial charge < -0.3 is 24.8 Å². The average molecular weight is 525 g/mol. The lowest BCUT2D eigenvalue weighted by Crippen LogP contribution is -2.41. The molecule has 3 aromatic rings. The number of hydrogen-bond donors (Lipinski definition) is 2. The van der Waals surface area contributed by atoms with Crippen LogP contribution in [-0.4, -0.2) is 51.2 Å². The quantitative estimate of drug-likeness (QED) is 0.375. The molecule has 4 rings (SSSR count). The zero-order valence-corrected chi connectivity index (χ0v) is 21.8. The summed E-state index contributed by atoms with van der Waals surface area (Å²) in [6.07, 6.45) is 0.777. The van der Waals surface area contributed by atoms with Gasteiger partial charge in [0.15, 0.2) is 9.84 Å². The average Bonchev–Trinajstić information content (AvgIpc) is 2.87. The van der Waals surface area contributed by atoms with Gasteiger partial charge in [0, 0.05) is 12.7 Å². The molecule has 0 bridgehead atoms. The molecule has 3 aromatic carbocycles. The molecule has 0 saturated carbocycles. The number of sulfone groups is 1. The lowest BCUT2D eigenvalue weighted by molar-refractivity contribution is -0.136. The van der Waals surface area contributed by atoms with Crippen LogP contribution in [0.3, 0.4) is 0 Å². The predicted molar refractivity (Wildman–Crippen MR) is 143 cm³/mol. The van der Waals surface area contributed by atoms with Gasteiger partial charge in [0.25, 0.3) is 0 Å². The van der Waals surface area contributed by atoms with E-state index >= 15 is 0 Å². The molecule has 0 radical (unpaired) electrons. The van der Waals surface area contributed by atoms with E-state index < -0.39 is 21.2 Å². The van der Waals surface area contributed by atoms with E-state index in [0.29, 0.717) is 43.0 Å². The number of anilines is 2. The lowest BCUT2D eigenvalue weighted by Gasteiger charge is -2.33. The number of likely N-dealkylation sites (N-methyl/N-ethyl adjacent to an activating group) is 1. The molecular formula is C28H32N2O6S. The van der Waals surface area contributed by atoms with Crippen LogP contribution in [0.4, 0.5) is 11.4 Å². The summed E-state index contributed by atoms with van der Waals surface area (Å²) < 4.78 is 38.8. The highest BCUT2D eigenvalue weighted by molar-refractivity contribution is 7.92. The van der Waals surface area contributed by atoms with Crippen LogP contribution in [0.15, 0.2) is 77.7 Å². The van der Waals surface area contributed by atoms with Gasteiger partial charge >= 0.3 is 5.97 Å². The van der Waals surface area contributed by atoms with Gasteiger partial charge in [-0.05, 0) is 60.5 Å². The number of carboxylic acids is 1. The molecule has 0 fully saturated rings.